The highest BCUT2D eigenvalue weighted by Crippen LogP contribution is 2.25. The number of aryl methyl sites for hydroxylation is 1. The molecule has 0 radical (unpaired) electrons. The maximum Gasteiger partial charge on any atom is 0.317 e. The van der Waals surface area contributed by atoms with Crippen LogP contribution in [0.25, 0.3) is 0 Å². The largest absolute Gasteiger partial charge is 0.374 e. The number of nitrogens with zero attached hydrogens (tertiary/aromatic N) is 5. The number of ether oxygens (including phenoxy) is 1. The van der Waals surface area contributed by atoms with E-state index < -0.39 is 0 Å². The van der Waals surface area contributed by atoms with Crippen molar-refractivity contribution in [3.05, 3.63) is 12.2 Å². The first-order chi connectivity index (χ1) is 11.1. The lowest BCUT2D eigenvalue weighted by Crippen LogP contribution is -2.50. The van der Waals surface area contributed by atoms with Crippen LogP contribution < -0.4 is 5.32 Å². The Labute approximate surface area is 136 Å². The molecule has 1 unspecified atom stereocenters. The predicted molar refractivity (Wildman–Crippen MR) is 85.2 cm³/mol. The number of carbonyl (C=O) groups is 1. The first kappa shape index (κ1) is 16.2. The summed E-state index contributed by atoms with van der Waals surface area (Å²) < 4.78 is 7.64. The van der Waals surface area contributed by atoms with E-state index >= 15 is 0 Å². The van der Waals surface area contributed by atoms with E-state index in [-0.39, 0.29) is 12.1 Å². The second-order valence-corrected chi connectivity index (χ2v) is 6.50. The average molecular weight is 322 g/mol. The van der Waals surface area contributed by atoms with E-state index in [0.29, 0.717) is 12.5 Å². The van der Waals surface area contributed by atoms with Gasteiger partial charge in [0.2, 0.25) is 0 Å². The molecular weight excluding hydrogens is 296 g/mol. The van der Waals surface area contributed by atoms with Crippen molar-refractivity contribution in [3.63, 3.8) is 0 Å². The Bertz CT molecular complexity index is 526. The molecule has 2 amide bonds. The van der Waals surface area contributed by atoms with E-state index in [1.165, 1.54) is 0 Å². The van der Waals surface area contributed by atoms with Crippen molar-refractivity contribution >= 4 is 6.03 Å². The second kappa shape index (κ2) is 7.27. The molecule has 8 nitrogen and oxygen atoms in total. The van der Waals surface area contributed by atoms with Gasteiger partial charge in [-0.2, -0.15) is 0 Å². The molecular formula is C15H26N6O2. The third-order valence-corrected chi connectivity index (χ3v) is 4.72. The number of urea groups is 1. The van der Waals surface area contributed by atoms with Crippen LogP contribution in [0.2, 0.25) is 0 Å². The number of rotatable bonds is 3. The average Bonchev–Trinajstić information content (AvgIpc) is 2.99. The summed E-state index contributed by atoms with van der Waals surface area (Å²) in [7, 11) is 4.05. The van der Waals surface area contributed by atoms with Crippen LogP contribution in [0.1, 0.15) is 24.6 Å². The molecule has 128 valence electrons. The molecule has 8 heteroatoms. The third-order valence-electron chi connectivity index (χ3n) is 4.72. The fourth-order valence-corrected chi connectivity index (χ4v) is 3.31. The number of hydrogen-bond acceptors (Lipinski definition) is 5. The van der Waals surface area contributed by atoms with Gasteiger partial charge in [-0.25, -0.2) is 4.79 Å². The minimum Gasteiger partial charge on any atom is -0.374 e. The van der Waals surface area contributed by atoms with E-state index in [1.807, 2.05) is 16.5 Å². The van der Waals surface area contributed by atoms with Crippen molar-refractivity contribution in [2.24, 2.45) is 7.05 Å². The number of piperidine rings is 1. The Morgan fingerprint density at radius 1 is 1.35 bits per heavy atom. The van der Waals surface area contributed by atoms with Crippen LogP contribution in [0, 0.1) is 0 Å². The number of likely N-dealkylation sites (N-methyl/N-ethyl adjacent to an activating group) is 1. The summed E-state index contributed by atoms with van der Waals surface area (Å²) in [6.07, 6.45) is 3.69. The lowest BCUT2D eigenvalue weighted by Gasteiger charge is -2.33. The van der Waals surface area contributed by atoms with Gasteiger partial charge in [0.1, 0.15) is 12.2 Å². The van der Waals surface area contributed by atoms with E-state index in [0.717, 1.165) is 51.5 Å². The smallest absolute Gasteiger partial charge is 0.317 e. The Balaban J connectivity index is 1.42. The molecule has 0 aliphatic carbocycles. The molecule has 3 heterocycles. The van der Waals surface area contributed by atoms with Gasteiger partial charge in [0.25, 0.3) is 0 Å². The molecule has 23 heavy (non-hydrogen) atoms. The zero-order valence-corrected chi connectivity index (χ0v) is 13.9. The molecule has 0 saturated carbocycles. The third kappa shape index (κ3) is 4.00. The summed E-state index contributed by atoms with van der Waals surface area (Å²) in [6.45, 7) is 4.66. The molecule has 1 aromatic heterocycles. The predicted octanol–water partition coefficient (Wildman–Crippen LogP) is 0.0347. The molecule has 1 aromatic rings. The zero-order valence-electron chi connectivity index (χ0n) is 13.9. The van der Waals surface area contributed by atoms with Gasteiger partial charge in [0, 0.05) is 45.7 Å². The monoisotopic (exact) mass is 322 g/mol. The number of amides is 2. The van der Waals surface area contributed by atoms with Crippen molar-refractivity contribution < 1.29 is 9.53 Å². The molecule has 0 bridgehead atoms. The highest BCUT2D eigenvalue weighted by molar-refractivity contribution is 5.74. The minimum atomic E-state index is 0.0123. The van der Waals surface area contributed by atoms with Crippen molar-refractivity contribution in [1.82, 2.24) is 29.9 Å². The molecule has 0 aromatic carbocycles. The number of aromatic nitrogens is 3. The number of carbonyl (C=O) groups excluding carboxylic acids is 1. The molecule has 2 saturated heterocycles. The Morgan fingerprint density at radius 2 is 2.13 bits per heavy atom. The highest BCUT2D eigenvalue weighted by atomic mass is 16.5. The first-order valence-corrected chi connectivity index (χ1v) is 8.30. The van der Waals surface area contributed by atoms with E-state index in [4.69, 9.17) is 4.74 Å². The van der Waals surface area contributed by atoms with Crippen LogP contribution in [0.4, 0.5) is 4.79 Å². The molecule has 2 aliphatic heterocycles. The Morgan fingerprint density at radius 3 is 2.78 bits per heavy atom. The number of likely N-dealkylation sites (tertiary alicyclic amines) is 1. The maximum atomic E-state index is 12.3. The van der Waals surface area contributed by atoms with Gasteiger partial charge in [-0.15, -0.1) is 10.2 Å². The van der Waals surface area contributed by atoms with Gasteiger partial charge in [-0.1, -0.05) is 0 Å². The van der Waals surface area contributed by atoms with Crippen LogP contribution in [0.15, 0.2) is 6.33 Å². The highest BCUT2D eigenvalue weighted by Gasteiger charge is 2.27. The van der Waals surface area contributed by atoms with Crippen molar-refractivity contribution in [2.75, 3.05) is 46.4 Å². The summed E-state index contributed by atoms with van der Waals surface area (Å²) in [5, 5.41) is 11.1. The van der Waals surface area contributed by atoms with Gasteiger partial charge >= 0.3 is 6.03 Å². The topological polar surface area (TPSA) is 75.5 Å². The fourth-order valence-electron chi connectivity index (χ4n) is 3.31. The van der Waals surface area contributed by atoms with E-state index in [9.17, 15) is 4.79 Å². The summed E-state index contributed by atoms with van der Waals surface area (Å²) in [4.78, 5) is 16.4. The van der Waals surface area contributed by atoms with Crippen LogP contribution in [-0.2, 0) is 11.8 Å². The van der Waals surface area contributed by atoms with Crippen LogP contribution in [-0.4, -0.2) is 83.1 Å². The van der Waals surface area contributed by atoms with Gasteiger partial charge in [-0.05, 0) is 19.9 Å². The minimum absolute atomic E-state index is 0.0123. The molecule has 2 aliphatic rings. The van der Waals surface area contributed by atoms with Crippen LogP contribution in [0.5, 0.6) is 0 Å². The lowest BCUT2D eigenvalue weighted by atomic mass is 9.96. The molecule has 1 N–H and O–H groups in total. The quantitative estimate of drug-likeness (QED) is 0.850. The number of nitrogens with one attached hydrogen (secondary N) is 1. The van der Waals surface area contributed by atoms with E-state index in [1.54, 1.807) is 6.33 Å². The summed E-state index contributed by atoms with van der Waals surface area (Å²) >= 11 is 0. The number of hydrogen-bond donors (Lipinski definition) is 1. The van der Waals surface area contributed by atoms with Crippen molar-refractivity contribution in [1.29, 1.82) is 0 Å². The van der Waals surface area contributed by atoms with Crippen LogP contribution in [0.3, 0.4) is 0 Å². The molecule has 3 rings (SSSR count). The van der Waals surface area contributed by atoms with Gasteiger partial charge in [0.05, 0.1) is 12.7 Å². The maximum absolute atomic E-state index is 12.3. The summed E-state index contributed by atoms with van der Waals surface area (Å²) in [5.41, 5.74) is 0. The van der Waals surface area contributed by atoms with E-state index in [2.05, 4.69) is 27.5 Å². The molecule has 1 atom stereocenters. The SMILES string of the molecule is CN1CCOC(CNC(=O)N2CCC(c3nncn3C)CC2)C1. The summed E-state index contributed by atoms with van der Waals surface area (Å²) in [6, 6.07) is 0.0123. The van der Waals surface area contributed by atoms with Crippen LogP contribution >= 0.6 is 0 Å². The van der Waals surface area contributed by atoms with Gasteiger partial charge in [0.15, 0.2) is 0 Å². The molecule has 2 fully saturated rings. The second-order valence-electron chi connectivity index (χ2n) is 6.50. The van der Waals surface area contributed by atoms with Gasteiger partial charge < -0.3 is 24.4 Å². The first-order valence-electron chi connectivity index (χ1n) is 8.30. The fraction of sp³-hybridized carbons (Fsp3) is 0.800. The number of morpholine rings is 1. The van der Waals surface area contributed by atoms with Crippen molar-refractivity contribution in [2.45, 2.75) is 24.9 Å². The standard InChI is InChI=1S/C15H26N6O2/c1-19-7-8-23-13(10-19)9-16-15(22)21-5-3-12(4-6-21)14-18-17-11-20(14)2/h11-13H,3-10H2,1-2H3,(H,16,22). The Kier molecular flexibility index (Phi) is 5.12. The normalized spacial score (nSPS) is 23.9. The Hall–Kier alpha value is -1.67. The molecule has 0 spiro atoms. The van der Waals surface area contributed by atoms with Crippen molar-refractivity contribution in [3.8, 4) is 0 Å². The van der Waals surface area contributed by atoms with Gasteiger partial charge in [-0.3, -0.25) is 0 Å². The zero-order chi connectivity index (χ0) is 16.2. The lowest BCUT2D eigenvalue weighted by molar-refractivity contribution is -0.0173. The summed E-state index contributed by atoms with van der Waals surface area (Å²) in [5.74, 6) is 1.41.